The molecule has 1 fully saturated rings. The number of anilines is 3. The quantitative estimate of drug-likeness (QED) is 0.701. The first kappa shape index (κ1) is 17.5. The summed E-state index contributed by atoms with van der Waals surface area (Å²) in [6.45, 7) is 6.64. The van der Waals surface area contributed by atoms with E-state index in [4.69, 9.17) is 4.74 Å². The molecule has 0 bridgehead atoms. The van der Waals surface area contributed by atoms with Crippen molar-refractivity contribution in [3.8, 4) is 0 Å². The van der Waals surface area contributed by atoms with Gasteiger partial charge in [0, 0.05) is 46.8 Å². The Balaban J connectivity index is 1.71. The molecule has 138 valence electrons. The summed E-state index contributed by atoms with van der Waals surface area (Å²) in [4.78, 5) is 17.9. The second-order valence-electron chi connectivity index (χ2n) is 7.00. The summed E-state index contributed by atoms with van der Waals surface area (Å²) in [5.41, 5.74) is 5.73. The van der Waals surface area contributed by atoms with Gasteiger partial charge in [-0.15, -0.1) is 0 Å². The molecule has 1 saturated heterocycles. The molecule has 0 spiro atoms. The lowest BCUT2D eigenvalue weighted by molar-refractivity contribution is 0.0532. The first-order valence-electron chi connectivity index (χ1n) is 9.22. The van der Waals surface area contributed by atoms with Gasteiger partial charge in [-0.05, 0) is 62.4 Å². The first-order chi connectivity index (χ1) is 13.1. The van der Waals surface area contributed by atoms with Crippen molar-refractivity contribution in [2.75, 3.05) is 29.9 Å². The van der Waals surface area contributed by atoms with Crippen LogP contribution in [0, 0.1) is 6.92 Å². The van der Waals surface area contributed by atoms with Crippen molar-refractivity contribution in [1.29, 1.82) is 0 Å². The van der Waals surface area contributed by atoms with Crippen molar-refractivity contribution in [1.82, 2.24) is 4.98 Å². The molecule has 4 rings (SSSR count). The smallest absolute Gasteiger partial charge is 0.150 e. The van der Waals surface area contributed by atoms with Crippen molar-refractivity contribution < 1.29 is 9.53 Å². The maximum absolute atomic E-state index is 10.9. The maximum Gasteiger partial charge on any atom is 0.150 e. The van der Waals surface area contributed by atoms with Gasteiger partial charge < -0.3 is 15.0 Å². The van der Waals surface area contributed by atoms with Crippen LogP contribution in [0.4, 0.5) is 17.1 Å². The minimum absolute atomic E-state index is 0.236. The van der Waals surface area contributed by atoms with E-state index in [0.717, 1.165) is 54.0 Å². The number of aromatic nitrogens is 1. The molecule has 0 radical (unpaired) electrons. The zero-order chi connectivity index (χ0) is 18.8. The summed E-state index contributed by atoms with van der Waals surface area (Å²) in [7, 11) is 0. The molecule has 3 aromatic rings. The largest absolute Gasteiger partial charge is 0.375 e. The Morgan fingerprint density at radius 1 is 1.19 bits per heavy atom. The Bertz CT molecular complexity index is 969. The molecule has 2 heterocycles. The highest BCUT2D eigenvalue weighted by molar-refractivity contribution is 5.95. The Morgan fingerprint density at radius 3 is 2.74 bits per heavy atom. The van der Waals surface area contributed by atoms with E-state index in [0.29, 0.717) is 5.56 Å². The Morgan fingerprint density at radius 2 is 2.00 bits per heavy atom. The highest BCUT2D eigenvalue weighted by Crippen LogP contribution is 2.30. The second kappa shape index (κ2) is 7.37. The molecule has 5 nitrogen and oxygen atoms in total. The number of aldehydes is 1. The van der Waals surface area contributed by atoms with Gasteiger partial charge in [0.15, 0.2) is 0 Å². The molecule has 1 aliphatic rings. The minimum atomic E-state index is 0.236. The molecule has 27 heavy (non-hydrogen) atoms. The van der Waals surface area contributed by atoms with Crippen molar-refractivity contribution in [3.05, 3.63) is 59.8 Å². The predicted octanol–water partition coefficient (Wildman–Crippen LogP) is 4.32. The summed E-state index contributed by atoms with van der Waals surface area (Å²) >= 11 is 0. The molecule has 0 aliphatic carbocycles. The monoisotopic (exact) mass is 361 g/mol. The SMILES string of the molecule is Cc1cc(Nc2ccc(C=O)cc2)c2cc(N3CCO[C@H](C)C3)ccc2n1. The third-order valence-electron chi connectivity index (χ3n) is 4.85. The highest BCUT2D eigenvalue weighted by Gasteiger charge is 2.18. The number of aryl methyl sites for hydroxylation is 1. The lowest BCUT2D eigenvalue weighted by atomic mass is 10.1. The minimum Gasteiger partial charge on any atom is -0.375 e. The molecular formula is C22H23N3O2. The van der Waals surface area contributed by atoms with Crippen LogP contribution in [0.5, 0.6) is 0 Å². The molecule has 1 N–H and O–H groups in total. The van der Waals surface area contributed by atoms with E-state index in [1.165, 1.54) is 5.69 Å². The third kappa shape index (κ3) is 3.78. The van der Waals surface area contributed by atoms with Gasteiger partial charge in [-0.3, -0.25) is 9.78 Å². The third-order valence-corrected chi connectivity index (χ3v) is 4.85. The van der Waals surface area contributed by atoms with E-state index in [1.54, 1.807) is 0 Å². The van der Waals surface area contributed by atoms with Crippen LogP contribution >= 0.6 is 0 Å². The average Bonchev–Trinajstić information content (AvgIpc) is 2.68. The number of fused-ring (bicyclic) bond motifs is 1. The number of nitrogens with one attached hydrogen (secondary N) is 1. The lowest BCUT2D eigenvalue weighted by Gasteiger charge is -2.33. The lowest BCUT2D eigenvalue weighted by Crippen LogP contribution is -2.41. The van der Waals surface area contributed by atoms with Gasteiger partial charge in [0.1, 0.15) is 6.29 Å². The number of nitrogens with zero attached hydrogens (tertiary/aromatic N) is 2. The van der Waals surface area contributed by atoms with Crippen LogP contribution in [0.1, 0.15) is 23.0 Å². The Hall–Kier alpha value is -2.92. The number of morpholine rings is 1. The summed E-state index contributed by atoms with van der Waals surface area (Å²) in [5.74, 6) is 0. The van der Waals surface area contributed by atoms with Crippen molar-refractivity contribution in [2.45, 2.75) is 20.0 Å². The molecule has 0 saturated carbocycles. The van der Waals surface area contributed by atoms with Gasteiger partial charge in [-0.1, -0.05) is 0 Å². The van der Waals surface area contributed by atoms with Gasteiger partial charge in [-0.25, -0.2) is 0 Å². The van der Waals surface area contributed by atoms with E-state index >= 15 is 0 Å². The van der Waals surface area contributed by atoms with Crippen molar-refractivity contribution in [2.24, 2.45) is 0 Å². The number of rotatable bonds is 4. The van der Waals surface area contributed by atoms with E-state index in [9.17, 15) is 4.79 Å². The number of pyridine rings is 1. The molecule has 0 amide bonds. The van der Waals surface area contributed by atoms with E-state index in [-0.39, 0.29) is 6.10 Å². The van der Waals surface area contributed by atoms with Gasteiger partial charge in [0.05, 0.1) is 18.2 Å². The zero-order valence-electron chi connectivity index (χ0n) is 15.6. The normalized spacial score (nSPS) is 17.1. The molecule has 1 aliphatic heterocycles. The van der Waals surface area contributed by atoms with E-state index < -0.39 is 0 Å². The van der Waals surface area contributed by atoms with Crippen LogP contribution in [0.3, 0.4) is 0 Å². The highest BCUT2D eigenvalue weighted by atomic mass is 16.5. The zero-order valence-corrected chi connectivity index (χ0v) is 15.6. The number of benzene rings is 2. The van der Waals surface area contributed by atoms with Gasteiger partial charge in [0.2, 0.25) is 0 Å². The molecule has 2 aromatic carbocycles. The Labute approximate surface area is 159 Å². The van der Waals surface area contributed by atoms with Gasteiger partial charge in [0.25, 0.3) is 0 Å². The first-order valence-corrected chi connectivity index (χ1v) is 9.22. The number of carbonyl (C=O) groups is 1. The predicted molar refractivity (Wildman–Crippen MR) is 109 cm³/mol. The summed E-state index contributed by atoms with van der Waals surface area (Å²) in [6.07, 6.45) is 1.09. The van der Waals surface area contributed by atoms with Crippen LogP contribution in [-0.2, 0) is 4.74 Å². The summed E-state index contributed by atoms with van der Waals surface area (Å²) in [6, 6.07) is 15.9. The molecule has 0 unspecified atom stereocenters. The van der Waals surface area contributed by atoms with Crippen LogP contribution in [0.15, 0.2) is 48.5 Å². The summed E-state index contributed by atoms with van der Waals surface area (Å²) < 4.78 is 5.66. The number of ether oxygens (including phenoxy) is 1. The molecule has 1 aromatic heterocycles. The fourth-order valence-electron chi connectivity index (χ4n) is 3.50. The summed E-state index contributed by atoms with van der Waals surface area (Å²) in [5, 5.41) is 4.56. The van der Waals surface area contributed by atoms with Crippen LogP contribution < -0.4 is 10.2 Å². The second-order valence-corrected chi connectivity index (χ2v) is 7.00. The molecule has 5 heteroatoms. The van der Waals surface area contributed by atoms with Gasteiger partial charge >= 0.3 is 0 Å². The van der Waals surface area contributed by atoms with E-state index in [1.807, 2.05) is 31.2 Å². The van der Waals surface area contributed by atoms with E-state index in [2.05, 4.69) is 46.4 Å². The van der Waals surface area contributed by atoms with Crippen molar-refractivity contribution >= 4 is 34.3 Å². The van der Waals surface area contributed by atoms with Crippen LogP contribution in [0.25, 0.3) is 10.9 Å². The standard InChI is InChI=1S/C22H23N3O2/c1-15-11-22(24-18-5-3-17(14-26)4-6-18)20-12-19(7-8-21(20)23-15)25-9-10-27-16(2)13-25/h3-8,11-12,14,16H,9-10,13H2,1-2H3,(H,23,24)/t16-/m1/s1. The number of carbonyl (C=O) groups excluding carboxylic acids is 1. The maximum atomic E-state index is 10.9. The van der Waals surface area contributed by atoms with Crippen LogP contribution in [-0.4, -0.2) is 37.1 Å². The fraction of sp³-hybridized carbons (Fsp3) is 0.273. The van der Waals surface area contributed by atoms with Gasteiger partial charge in [-0.2, -0.15) is 0 Å². The number of hydrogen-bond donors (Lipinski definition) is 1. The fourth-order valence-corrected chi connectivity index (χ4v) is 3.50. The molecule has 1 atom stereocenters. The number of hydrogen-bond acceptors (Lipinski definition) is 5. The topological polar surface area (TPSA) is 54.5 Å². The molecular weight excluding hydrogens is 338 g/mol. The van der Waals surface area contributed by atoms with Crippen LogP contribution in [0.2, 0.25) is 0 Å². The van der Waals surface area contributed by atoms with Crippen molar-refractivity contribution in [3.63, 3.8) is 0 Å². The average molecular weight is 361 g/mol. The Kier molecular flexibility index (Phi) is 4.77.